The van der Waals surface area contributed by atoms with Gasteiger partial charge in [0.1, 0.15) is 11.5 Å². The quantitative estimate of drug-likeness (QED) is 0.555. The molecular weight excluding hydrogens is 356 g/mol. The van der Waals surface area contributed by atoms with E-state index in [1.165, 1.54) is 0 Å². The van der Waals surface area contributed by atoms with Crippen molar-refractivity contribution < 1.29 is 14.3 Å². The third-order valence-corrected chi connectivity index (χ3v) is 3.47. The van der Waals surface area contributed by atoms with Crippen molar-refractivity contribution in [3.8, 4) is 0 Å². The Morgan fingerprint density at radius 3 is 2.76 bits per heavy atom. The van der Waals surface area contributed by atoms with Crippen LogP contribution in [0.1, 0.15) is 12.5 Å². The second-order valence-corrected chi connectivity index (χ2v) is 5.60. The minimum atomic E-state index is -0.303. The number of thiocarbonyl (C=S) groups is 1. The van der Waals surface area contributed by atoms with E-state index < -0.39 is 0 Å². The molecule has 21 heavy (non-hydrogen) atoms. The number of benzene rings is 1. The van der Waals surface area contributed by atoms with Crippen LogP contribution >= 0.6 is 28.1 Å². The Morgan fingerprint density at radius 2 is 2.19 bits per heavy atom. The highest BCUT2D eigenvalue weighted by atomic mass is 79.9. The molecule has 7 heteroatoms. The molecule has 0 saturated carbocycles. The van der Waals surface area contributed by atoms with Crippen LogP contribution in [0.3, 0.4) is 0 Å². The molecule has 2 N–H and O–H groups in total. The summed E-state index contributed by atoms with van der Waals surface area (Å²) in [4.78, 5) is 13.9. The molecule has 0 radical (unpaired) electrons. The summed E-state index contributed by atoms with van der Waals surface area (Å²) in [6.45, 7) is 3.24. The van der Waals surface area contributed by atoms with Crippen LogP contribution in [0.25, 0.3) is 0 Å². The van der Waals surface area contributed by atoms with Crippen LogP contribution in [-0.2, 0) is 14.3 Å². The van der Waals surface area contributed by atoms with E-state index in [-0.39, 0.29) is 17.5 Å². The van der Waals surface area contributed by atoms with E-state index in [4.69, 9.17) is 27.4 Å². The minimum absolute atomic E-state index is 0.114. The number of rotatable bonds is 8. The van der Waals surface area contributed by atoms with Crippen LogP contribution < -0.4 is 10.6 Å². The predicted octanol–water partition coefficient (Wildman–Crippen LogP) is 2.10. The molecule has 1 aromatic carbocycles. The smallest absolute Gasteiger partial charge is 0.325 e. The molecule has 0 bridgehead atoms. The third-order valence-electron chi connectivity index (χ3n) is 2.76. The van der Waals surface area contributed by atoms with Gasteiger partial charge in [-0.15, -0.1) is 0 Å². The molecule has 0 fully saturated rings. The van der Waals surface area contributed by atoms with E-state index >= 15 is 0 Å². The molecule has 0 aliphatic rings. The monoisotopic (exact) mass is 374 g/mol. The first-order valence-electron chi connectivity index (χ1n) is 6.48. The normalized spacial score (nSPS) is 10.2. The molecule has 0 spiro atoms. The van der Waals surface area contributed by atoms with Crippen LogP contribution in [0.5, 0.6) is 0 Å². The van der Waals surface area contributed by atoms with Crippen molar-refractivity contribution >= 4 is 44.8 Å². The van der Waals surface area contributed by atoms with Gasteiger partial charge in [0.25, 0.3) is 0 Å². The minimum Gasteiger partial charge on any atom is -0.465 e. The van der Waals surface area contributed by atoms with Gasteiger partial charge in [0, 0.05) is 29.4 Å². The van der Waals surface area contributed by atoms with E-state index in [2.05, 4.69) is 15.9 Å². The lowest BCUT2D eigenvalue weighted by atomic mass is 10.1. The zero-order valence-corrected chi connectivity index (χ0v) is 14.5. The van der Waals surface area contributed by atoms with Crippen molar-refractivity contribution in [1.29, 1.82) is 0 Å². The first-order chi connectivity index (χ1) is 9.99. The van der Waals surface area contributed by atoms with Crippen molar-refractivity contribution in [3.05, 3.63) is 28.2 Å². The number of anilines is 1. The van der Waals surface area contributed by atoms with Crippen molar-refractivity contribution in [2.75, 3.05) is 38.3 Å². The Morgan fingerprint density at radius 1 is 1.48 bits per heavy atom. The highest BCUT2D eigenvalue weighted by molar-refractivity contribution is 9.10. The fourth-order valence-electron chi connectivity index (χ4n) is 1.82. The molecule has 0 amide bonds. The number of carbonyl (C=O) groups excluding carboxylic acids is 1. The number of methoxy groups -OCH3 is 1. The van der Waals surface area contributed by atoms with Crippen molar-refractivity contribution in [2.45, 2.75) is 6.92 Å². The number of carbonyl (C=O) groups is 1. The number of halogens is 1. The van der Waals surface area contributed by atoms with Crippen molar-refractivity contribution in [2.24, 2.45) is 5.73 Å². The Bertz CT molecular complexity index is 511. The van der Waals surface area contributed by atoms with Gasteiger partial charge in [0.05, 0.1) is 13.2 Å². The van der Waals surface area contributed by atoms with Gasteiger partial charge < -0.3 is 20.1 Å². The zero-order chi connectivity index (χ0) is 15.8. The summed E-state index contributed by atoms with van der Waals surface area (Å²) in [5, 5.41) is 0. The van der Waals surface area contributed by atoms with Crippen LogP contribution in [0, 0.1) is 0 Å². The lowest BCUT2D eigenvalue weighted by Gasteiger charge is -2.26. The highest BCUT2D eigenvalue weighted by Gasteiger charge is 2.17. The number of nitrogens with zero attached hydrogens (tertiary/aromatic N) is 1. The third kappa shape index (κ3) is 5.61. The van der Waals surface area contributed by atoms with E-state index in [1.54, 1.807) is 14.0 Å². The largest absolute Gasteiger partial charge is 0.465 e. The summed E-state index contributed by atoms with van der Waals surface area (Å²) < 4.78 is 11.0. The standard InChI is InChI=1S/C14H19BrN2O3S/c1-3-20-13(18)9-17(6-7-19-2)12-8-10(15)4-5-11(12)14(16)21/h4-5,8H,3,6-7,9H2,1-2H3,(H2,16,21). The van der Waals surface area contributed by atoms with E-state index in [0.29, 0.717) is 25.3 Å². The topological polar surface area (TPSA) is 64.8 Å². The highest BCUT2D eigenvalue weighted by Crippen LogP contribution is 2.25. The van der Waals surface area contributed by atoms with Crippen molar-refractivity contribution in [3.63, 3.8) is 0 Å². The van der Waals surface area contributed by atoms with Gasteiger partial charge in [0.15, 0.2) is 0 Å². The second-order valence-electron chi connectivity index (χ2n) is 4.25. The van der Waals surface area contributed by atoms with Crippen LogP contribution in [0.4, 0.5) is 5.69 Å². The maximum atomic E-state index is 11.8. The zero-order valence-electron chi connectivity index (χ0n) is 12.1. The Kier molecular flexibility index (Phi) is 7.63. The maximum absolute atomic E-state index is 11.8. The van der Waals surface area contributed by atoms with Gasteiger partial charge in [-0.25, -0.2) is 0 Å². The summed E-state index contributed by atoms with van der Waals surface area (Å²) in [7, 11) is 1.61. The molecule has 0 aliphatic heterocycles. The first kappa shape index (κ1) is 17.9. The lowest BCUT2D eigenvalue weighted by molar-refractivity contribution is -0.141. The molecular formula is C14H19BrN2O3S. The first-order valence-corrected chi connectivity index (χ1v) is 7.68. The SMILES string of the molecule is CCOC(=O)CN(CCOC)c1cc(Br)ccc1C(N)=S. The summed E-state index contributed by atoms with van der Waals surface area (Å²) in [6, 6.07) is 5.56. The molecule has 0 heterocycles. The molecule has 0 saturated heterocycles. The fourth-order valence-corrected chi connectivity index (χ4v) is 2.35. The number of nitrogens with two attached hydrogens (primary N) is 1. The van der Waals surface area contributed by atoms with Crippen molar-refractivity contribution in [1.82, 2.24) is 0 Å². The average molecular weight is 375 g/mol. The number of hydrogen-bond donors (Lipinski definition) is 1. The summed E-state index contributed by atoms with van der Waals surface area (Å²) in [5.41, 5.74) is 7.26. The van der Waals surface area contributed by atoms with Crippen LogP contribution in [0.2, 0.25) is 0 Å². The fraction of sp³-hybridized carbons (Fsp3) is 0.429. The number of ether oxygens (including phenoxy) is 2. The van der Waals surface area contributed by atoms with Gasteiger partial charge in [0.2, 0.25) is 0 Å². The Balaban J connectivity index is 3.09. The molecule has 0 aromatic heterocycles. The predicted molar refractivity (Wildman–Crippen MR) is 90.8 cm³/mol. The summed E-state index contributed by atoms with van der Waals surface area (Å²) >= 11 is 8.50. The van der Waals surface area contributed by atoms with Crippen LogP contribution in [0.15, 0.2) is 22.7 Å². The van der Waals surface area contributed by atoms with Gasteiger partial charge >= 0.3 is 5.97 Å². The molecule has 1 aromatic rings. The average Bonchev–Trinajstić information content (AvgIpc) is 2.43. The van der Waals surface area contributed by atoms with Gasteiger partial charge in [-0.05, 0) is 25.1 Å². The number of esters is 1. The molecule has 5 nitrogen and oxygen atoms in total. The molecule has 1 rings (SSSR count). The van der Waals surface area contributed by atoms with Gasteiger partial charge in [-0.2, -0.15) is 0 Å². The number of hydrogen-bond acceptors (Lipinski definition) is 5. The Labute approximate surface area is 138 Å². The Hall–Kier alpha value is -1.18. The lowest BCUT2D eigenvalue weighted by Crippen LogP contribution is -2.35. The summed E-state index contributed by atoms with van der Waals surface area (Å²) in [6.07, 6.45) is 0. The molecule has 116 valence electrons. The van der Waals surface area contributed by atoms with E-state index in [9.17, 15) is 4.79 Å². The van der Waals surface area contributed by atoms with E-state index in [0.717, 1.165) is 10.2 Å². The molecule has 0 atom stereocenters. The van der Waals surface area contributed by atoms with Crippen LogP contribution in [-0.4, -0.2) is 44.4 Å². The second kappa shape index (κ2) is 8.96. The summed E-state index contributed by atoms with van der Waals surface area (Å²) in [5.74, 6) is -0.303. The van der Waals surface area contributed by atoms with Gasteiger partial charge in [-0.1, -0.05) is 28.1 Å². The molecule has 0 aliphatic carbocycles. The van der Waals surface area contributed by atoms with E-state index in [1.807, 2.05) is 23.1 Å². The van der Waals surface area contributed by atoms with Gasteiger partial charge in [-0.3, -0.25) is 4.79 Å². The maximum Gasteiger partial charge on any atom is 0.325 e. The molecule has 0 unspecified atom stereocenters.